The molecule has 3 heteroatoms. The number of carbonyl (C=O) groups is 1. The van der Waals surface area contributed by atoms with E-state index in [2.05, 4.69) is 17.6 Å². The van der Waals surface area contributed by atoms with E-state index in [1.165, 1.54) is 12.8 Å². The van der Waals surface area contributed by atoms with Crippen LogP contribution in [0.2, 0.25) is 0 Å². The highest BCUT2D eigenvalue weighted by atomic mass is 16.2. The van der Waals surface area contributed by atoms with E-state index in [1.54, 1.807) is 0 Å². The molecule has 0 radical (unpaired) electrons. The summed E-state index contributed by atoms with van der Waals surface area (Å²) in [5, 5.41) is 5.89. The Kier molecular flexibility index (Phi) is 7.01. The molecule has 1 aliphatic rings. The molecule has 19 heavy (non-hydrogen) atoms. The molecule has 1 saturated carbocycles. The van der Waals surface area contributed by atoms with E-state index in [0.29, 0.717) is 6.04 Å². The van der Waals surface area contributed by atoms with E-state index in [1.807, 2.05) is 44.2 Å². The SMILES string of the molecule is CC.CC1CCC(NC(=O)Nc2ccccc2)CC1. The van der Waals surface area contributed by atoms with Crippen molar-refractivity contribution >= 4 is 11.7 Å². The van der Waals surface area contributed by atoms with Gasteiger partial charge >= 0.3 is 6.03 Å². The second-order valence-electron chi connectivity index (χ2n) is 4.92. The molecule has 2 rings (SSSR count). The van der Waals surface area contributed by atoms with E-state index in [9.17, 15) is 4.79 Å². The van der Waals surface area contributed by atoms with E-state index < -0.39 is 0 Å². The van der Waals surface area contributed by atoms with Crippen molar-refractivity contribution in [1.82, 2.24) is 5.32 Å². The van der Waals surface area contributed by atoms with Crippen molar-refractivity contribution in [2.24, 2.45) is 5.92 Å². The van der Waals surface area contributed by atoms with Crippen LogP contribution in [0.3, 0.4) is 0 Å². The first-order valence-corrected chi connectivity index (χ1v) is 7.36. The minimum Gasteiger partial charge on any atom is -0.335 e. The molecular formula is C16H26N2O. The highest BCUT2D eigenvalue weighted by Crippen LogP contribution is 2.23. The quantitative estimate of drug-likeness (QED) is 0.814. The molecular weight excluding hydrogens is 236 g/mol. The second kappa shape index (κ2) is 8.57. The fraction of sp³-hybridized carbons (Fsp3) is 0.562. The zero-order valence-corrected chi connectivity index (χ0v) is 12.3. The standard InChI is InChI=1S/C14H20N2O.C2H6/c1-11-7-9-13(10-8-11)16-14(17)15-12-5-3-2-4-6-12;1-2/h2-6,11,13H,7-10H2,1H3,(H2,15,16,17);1-2H3. The van der Waals surface area contributed by atoms with Crippen LogP contribution in [0, 0.1) is 5.92 Å². The van der Waals surface area contributed by atoms with Crippen LogP contribution in [-0.2, 0) is 0 Å². The van der Waals surface area contributed by atoms with Gasteiger partial charge in [0.05, 0.1) is 0 Å². The van der Waals surface area contributed by atoms with Crippen LogP contribution in [0.5, 0.6) is 0 Å². The Bertz CT molecular complexity index is 356. The van der Waals surface area contributed by atoms with Crippen LogP contribution < -0.4 is 10.6 Å². The molecule has 0 heterocycles. The first-order valence-electron chi connectivity index (χ1n) is 7.36. The third-order valence-corrected chi connectivity index (χ3v) is 3.38. The fourth-order valence-electron chi connectivity index (χ4n) is 2.28. The lowest BCUT2D eigenvalue weighted by atomic mass is 9.87. The Morgan fingerprint density at radius 1 is 1.05 bits per heavy atom. The zero-order chi connectivity index (χ0) is 14.1. The maximum Gasteiger partial charge on any atom is 0.319 e. The fourth-order valence-corrected chi connectivity index (χ4v) is 2.28. The molecule has 0 aromatic heterocycles. The van der Waals surface area contributed by atoms with Crippen molar-refractivity contribution < 1.29 is 4.79 Å². The van der Waals surface area contributed by atoms with Crippen LogP contribution >= 0.6 is 0 Å². The van der Waals surface area contributed by atoms with Gasteiger partial charge in [0.2, 0.25) is 0 Å². The Labute approximate surface area is 116 Å². The van der Waals surface area contributed by atoms with Crippen molar-refractivity contribution in [3.63, 3.8) is 0 Å². The number of rotatable bonds is 2. The summed E-state index contributed by atoms with van der Waals surface area (Å²) < 4.78 is 0. The predicted molar refractivity (Wildman–Crippen MR) is 81.4 cm³/mol. The summed E-state index contributed by atoms with van der Waals surface area (Å²) in [6.45, 7) is 6.28. The first kappa shape index (κ1) is 15.5. The normalized spacial score (nSPS) is 21.8. The maximum atomic E-state index is 11.7. The molecule has 0 spiro atoms. The molecule has 0 saturated heterocycles. The summed E-state index contributed by atoms with van der Waals surface area (Å²) in [6, 6.07) is 9.80. The van der Waals surface area contributed by atoms with Gasteiger partial charge in [-0.15, -0.1) is 0 Å². The first-order chi connectivity index (χ1) is 9.24. The highest BCUT2D eigenvalue weighted by Gasteiger charge is 2.19. The van der Waals surface area contributed by atoms with Gasteiger partial charge in [-0.2, -0.15) is 0 Å². The minimum absolute atomic E-state index is 0.0873. The van der Waals surface area contributed by atoms with Gasteiger partial charge in [-0.3, -0.25) is 0 Å². The summed E-state index contributed by atoms with van der Waals surface area (Å²) in [5.41, 5.74) is 0.842. The number of hydrogen-bond donors (Lipinski definition) is 2. The Balaban J connectivity index is 0.000000861. The zero-order valence-electron chi connectivity index (χ0n) is 12.3. The number of anilines is 1. The molecule has 1 aromatic carbocycles. The Morgan fingerprint density at radius 3 is 2.21 bits per heavy atom. The Hall–Kier alpha value is -1.51. The molecule has 0 unspecified atom stereocenters. The second-order valence-corrected chi connectivity index (χ2v) is 4.92. The van der Waals surface area contributed by atoms with Gasteiger partial charge in [-0.1, -0.05) is 39.0 Å². The predicted octanol–water partition coefficient (Wildman–Crippen LogP) is 4.41. The molecule has 1 aliphatic carbocycles. The van der Waals surface area contributed by atoms with Gasteiger partial charge in [0.1, 0.15) is 0 Å². The van der Waals surface area contributed by atoms with Gasteiger partial charge in [0.15, 0.2) is 0 Å². The number of benzene rings is 1. The molecule has 1 aromatic rings. The van der Waals surface area contributed by atoms with E-state index in [-0.39, 0.29) is 6.03 Å². The lowest BCUT2D eigenvalue weighted by Crippen LogP contribution is -2.39. The smallest absolute Gasteiger partial charge is 0.319 e. The van der Waals surface area contributed by atoms with Crippen LogP contribution in [0.4, 0.5) is 10.5 Å². The topological polar surface area (TPSA) is 41.1 Å². The molecule has 0 aliphatic heterocycles. The van der Waals surface area contributed by atoms with Crippen molar-refractivity contribution in [1.29, 1.82) is 0 Å². The van der Waals surface area contributed by atoms with Crippen LogP contribution in [0.25, 0.3) is 0 Å². The monoisotopic (exact) mass is 262 g/mol. The number of nitrogens with one attached hydrogen (secondary N) is 2. The van der Waals surface area contributed by atoms with Crippen LogP contribution in [0.15, 0.2) is 30.3 Å². The average Bonchev–Trinajstić information content (AvgIpc) is 2.45. The van der Waals surface area contributed by atoms with Crippen molar-refractivity contribution in [3.8, 4) is 0 Å². The number of urea groups is 1. The molecule has 0 atom stereocenters. The van der Waals surface area contributed by atoms with E-state index in [4.69, 9.17) is 0 Å². The van der Waals surface area contributed by atoms with Crippen molar-refractivity contribution in [2.75, 3.05) is 5.32 Å². The largest absolute Gasteiger partial charge is 0.335 e. The summed E-state index contributed by atoms with van der Waals surface area (Å²) in [4.78, 5) is 11.7. The van der Waals surface area contributed by atoms with Crippen LogP contribution in [0.1, 0.15) is 46.5 Å². The molecule has 106 valence electrons. The van der Waals surface area contributed by atoms with E-state index in [0.717, 1.165) is 24.4 Å². The maximum absolute atomic E-state index is 11.7. The van der Waals surface area contributed by atoms with Crippen molar-refractivity contribution in [2.45, 2.75) is 52.5 Å². The number of amides is 2. The lowest BCUT2D eigenvalue weighted by molar-refractivity contribution is 0.239. The van der Waals surface area contributed by atoms with Gasteiger partial charge in [0, 0.05) is 11.7 Å². The number of hydrogen-bond acceptors (Lipinski definition) is 1. The summed E-state index contributed by atoms with van der Waals surface area (Å²) in [5.74, 6) is 0.810. The molecule has 1 fully saturated rings. The lowest BCUT2D eigenvalue weighted by Gasteiger charge is -2.26. The molecule has 2 N–H and O–H groups in total. The van der Waals surface area contributed by atoms with Crippen molar-refractivity contribution in [3.05, 3.63) is 30.3 Å². The third kappa shape index (κ3) is 5.77. The number of carbonyl (C=O) groups excluding carboxylic acids is 1. The third-order valence-electron chi connectivity index (χ3n) is 3.38. The summed E-state index contributed by atoms with van der Waals surface area (Å²) >= 11 is 0. The van der Waals surface area contributed by atoms with Gasteiger partial charge in [0.25, 0.3) is 0 Å². The molecule has 0 bridgehead atoms. The van der Waals surface area contributed by atoms with E-state index >= 15 is 0 Å². The number of para-hydroxylation sites is 1. The highest BCUT2D eigenvalue weighted by molar-refractivity contribution is 5.89. The van der Waals surface area contributed by atoms with Gasteiger partial charge in [-0.05, 0) is 43.7 Å². The van der Waals surface area contributed by atoms with Crippen LogP contribution in [-0.4, -0.2) is 12.1 Å². The Morgan fingerprint density at radius 2 is 1.63 bits per heavy atom. The molecule has 3 nitrogen and oxygen atoms in total. The van der Waals surface area contributed by atoms with Gasteiger partial charge < -0.3 is 10.6 Å². The summed E-state index contributed by atoms with van der Waals surface area (Å²) in [6.07, 6.45) is 4.64. The average molecular weight is 262 g/mol. The minimum atomic E-state index is -0.0873. The van der Waals surface area contributed by atoms with Gasteiger partial charge in [-0.25, -0.2) is 4.79 Å². The summed E-state index contributed by atoms with van der Waals surface area (Å²) in [7, 11) is 0. The molecule has 2 amide bonds.